The lowest BCUT2D eigenvalue weighted by atomic mass is 10.0. The van der Waals surface area contributed by atoms with E-state index in [4.69, 9.17) is 0 Å². The van der Waals surface area contributed by atoms with Crippen LogP contribution in [0.1, 0.15) is 26.2 Å². The molecule has 0 aromatic carbocycles. The minimum absolute atomic E-state index is 0.131. The number of piperidine rings is 1. The van der Waals surface area contributed by atoms with Gasteiger partial charge in [0, 0.05) is 43.5 Å². The van der Waals surface area contributed by atoms with Gasteiger partial charge in [-0.2, -0.15) is 13.2 Å². The maximum atomic E-state index is 12.5. The topological polar surface area (TPSA) is 66.0 Å². The van der Waals surface area contributed by atoms with E-state index < -0.39 is 12.7 Å². The van der Waals surface area contributed by atoms with Gasteiger partial charge in [-0.1, -0.05) is 6.92 Å². The van der Waals surface area contributed by atoms with Crippen LogP contribution in [0, 0.1) is 0 Å². The Morgan fingerprint density at radius 2 is 1.89 bits per heavy atom. The minimum atomic E-state index is -4.13. The Kier molecular flexibility index (Phi) is 6.66. The second-order valence-corrected chi connectivity index (χ2v) is 6.96. The monoisotopic (exact) mass is 394 g/mol. The molecule has 2 aromatic heterocycles. The van der Waals surface area contributed by atoms with Crippen LogP contribution >= 0.6 is 0 Å². The molecule has 3 rings (SSSR count). The first-order valence-electron chi connectivity index (χ1n) is 9.51. The Bertz CT molecular complexity index is 742. The molecule has 9 heteroatoms. The number of hydrogen-bond acceptors (Lipinski definition) is 6. The minimum Gasteiger partial charge on any atom is -0.370 e. The molecule has 0 unspecified atom stereocenters. The van der Waals surface area contributed by atoms with E-state index in [1.807, 2.05) is 18.2 Å². The standard InChI is InChI=1S/C19H25F3N6/c1-2-7-23-18-10-16(25-13-26-18)14-3-4-17(24-11-14)27-15-5-8-28(9-6-15)12-19(20,21)22/h3-4,10-11,13,15H,2,5-9,12H2,1H3,(H,24,27)(H,23,25,26). The molecular weight excluding hydrogens is 369 g/mol. The van der Waals surface area contributed by atoms with E-state index in [0.717, 1.165) is 35.9 Å². The Labute approximate surface area is 162 Å². The third kappa shape index (κ3) is 6.05. The molecule has 152 valence electrons. The molecule has 0 atom stereocenters. The van der Waals surface area contributed by atoms with Crippen molar-refractivity contribution in [2.24, 2.45) is 0 Å². The Hall–Kier alpha value is -2.42. The fourth-order valence-corrected chi connectivity index (χ4v) is 3.19. The van der Waals surface area contributed by atoms with Crippen LogP contribution in [0.3, 0.4) is 0 Å². The summed E-state index contributed by atoms with van der Waals surface area (Å²) >= 11 is 0. The summed E-state index contributed by atoms with van der Waals surface area (Å²) in [5.74, 6) is 1.50. The van der Waals surface area contributed by atoms with Gasteiger partial charge < -0.3 is 10.6 Å². The second kappa shape index (κ2) is 9.18. The Morgan fingerprint density at radius 3 is 2.54 bits per heavy atom. The van der Waals surface area contributed by atoms with Gasteiger partial charge in [-0.25, -0.2) is 15.0 Å². The van der Waals surface area contributed by atoms with Crippen LogP contribution in [0.2, 0.25) is 0 Å². The number of halogens is 3. The molecular formula is C19H25F3N6. The number of pyridine rings is 1. The number of anilines is 2. The van der Waals surface area contributed by atoms with Crippen LogP contribution in [0.15, 0.2) is 30.7 Å². The summed E-state index contributed by atoms with van der Waals surface area (Å²) in [5, 5.41) is 6.55. The maximum absolute atomic E-state index is 12.5. The van der Waals surface area contributed by atoms with Gasteiger partial charge in [-0.05, 0) is 31.4 Å². The predicted molar refractivity (Wildman–Crippen MR) is 103 cm³/mol. The molecule has 3 heterocycles. The van der Waals surface area contributed by atoms with E-state index >= 15 is 0 Å². The molecule has 0 saturated carbocycles. The highest BCUT2D eigenvalue weighted by atomic mass is 19.4. The van der Waals surface area contributed by atoms with Crippen LogP contribution in [-0.2, 0) is 0 Å². The van der Waals surface area contributed by atoms with Crippen LogP contribution in [0.25, 0.3) is 11.3 Å². The van der Waals surface area contributed by atoms with E-state index in [0.29, 0.717) is 25.9 Å². The number of rotatable bonds is 7. The SMILES string of the molecule is CCCNc1cc(-c2ccc(NC3CCN(CC(F)(F)F)CC3)nc2)ncn1. The van der Waals surface area contributed by atoms with Gasteiger partial charge in [0.1, 0.15) is 18.0 Å². The molecule has 1 fully saturated rings. The molecule has 0 radical (unpaired) electrons. The lowest BCUT2D eigenvalue weighted by Gasteiger charge is -2.32. The molecule has 2 N–H and O–H groups in total. The van der Waals surface area contributed by atoms with Gasteiger partial charge in [-0.15, -0.1) is 0 Å². The zero-order chi connectivity index (χ0) is 20.0. The van der Waals surface area contributed by atoms with E-state index in [9.17, 15) is 13.2 Å². The summed E-state index contributed by atoms with van der Waals surface area (Å²) in [6.45, 7) is 2.97. The van der Waals surface area contributed by atoms with Crippen molar-refractivity contribution in [1.29, 1.82) is 0 Å². The average molecular weight is 394 g/mol. The number of nitrogens with one attached hydrogen (secondary N) is 2. The zero-order valence-electron chi connectivity index (χ0n) is 15.8. The first-order valence-corrected chi connectivity index (χ1v) is 9.51. The number of likely N-dealkylation sites (tertiary alicyclic amines) is 1. The molecule has 1 saturated heterocycles. The molecule has 1 aliphatic rings. The molecule has 1 aliphatic heterocycles. The van der Waals surface area contributed by atoms with Crippen molar-refractivity contribution in [3.05, 3.63) is 30.7 Å². The third-order valence-corrected chi connectivity index (χ3v) is 4.62. The summed E-state index contributed by atoms with van der Waals surface area (Å²) < 4.78 is 37.4. The fourth-order valence-electron chi connectivity index (χ4n) is 3.19. The zero-order valence-corrected chi connectivity index (χ0v) is 15.8. The Balaban J connectivity index is 1.54. The normalized spacial score (nSPS) is 16.1. The Morgan fingerprint density at radius 1 is 1.11 bits per heavy atom. The van der Waals surface area contributed by atoms with Crippen molar-refractivity contribution < 1.29 is 13.2 Å². The first kappa shape index (κ1) is 20.3. The van der Waals surface area contributed by atoms with Crippen molar-refractivity contribution in [3.63, 3.8) is 0 Å². The molecule has 2 aromatic rings. The van der Waals surface area contributed by atoms with Gasteiger partial charge in [0.05, 0.1) is 12.2 Å². The van der Waals surface area contributed by atoms with Gasteiger partial charge in [0.25, 0.3) is 0 Å². The molecule has 6 nitrogen and oxygen atoms in total. The second-order valence-electron chi connectivity index (χ2n) is 6.96. The molecule has 0 aliphatic carbocycles. The lowest BCUT2D eigenvalue weighted by molar-refractivity contribution is -0.147. The van der Waals surface area contributed by atoms with Crippen LogP contribution < -0.4 is 10.6 Å². The van der Waals surface area contributed by atoms with Crippen molar-refractivity contribution in [3.8, 4) is 11.3 Å². The van der Waals surface area contributed by atoms with Crippen molar-refractivity contribution in [2.45, 2.75) is 38.4 Å². The van der Waals surface area contributed by atoms with Crippen LogP contribution in [-0.4, -0.2) is 58.2 Å². The van der Waals surface area contributed by atoms with E-state index in [-0.39, 0.29) is 6.04 Å². The maximum Gasteiger partial charge on any atom is 0.401 e. The number of alkyl halides is 3. The fraction of sp³-hybridized carbons (Fsp3) is 0.526. The predicted octanol–water partition coefficient (Wildman–Crippen LogP) is 3.80. The van der Waals surface area contributed by atoms with Gasteiger partial charge in [0.2, 0.25) is 0 Å². The lowest BCUT2D eigenvalue weighted by Crippen LogP contribution is -2.43. The van der Waals surface area contributed by atoms with E-state index in [1.54, 1.807) is 6.20 Å². The van der Waals surface area contributed by atoms with Gasteiger partial charge in [0.15, 0.2) is 0 Å². The van der Waals surface area contributed by atoms with Gasteiger partial charge in [-0.3, -0.25) is 4.90 Å². The quantitative estimate of drug-likeness (QED) is 0.745. The highest BCUT2D eigenvalue weighted by molar-refractivity contribution is 5.62. The summed E-state index contributed by atoms with van der Waals surface area (Å²) in [5.41, 5.74) is 1.67. The summed E-state index contributed by atoms with van der Waals surface area (Å²) in [6, 6.07) is 5.82. The number of aromatic nitrogens is 3. The van der Waals surface area contributed by atoms with Gasteiger partial charge >= 0.3 is 6.18 Å². The smallest absolute Gasteiger partial charge is 0.370 e. The van der Waals surface area contributed by atoms with E-state index in [2.05, 4.69) is 32.5 Å². The summed E-state index contributed by atoms with van der Waals surface area (Å²) in [6.07, 6.45) is 1.47. The average Bonchev–Trinajstić information content (AvgIpc) is 2.68. The summed E-state index contributed by atoms with van der Waals surface area (Å²) in [7, 11) is 0. The molecule has 0 bridgehead atoms. The third-order valence-electron chi connectivity index (χ3n) is 4.62. The van der Waals surface area contributed by atoms with Crippen molar-refractivity contribution in [1.82, 2.24) is 19.9 Å². The molecule has 0 amide bonds. The highest BCUT2D eigenvalue weighted by Crippen LogP contribution is 2.23. The number of hydrogen-bond donors (Lipinski definition) is 2. The molecule has 0 spiro atoms. The molecule has 28 heavy (non-hydrogen) atoms. The first-order chi connectivity index (χ1) is 13.4. The highest BCUT2D eigenvalue weighted by Gasteiger charge is 2.32. The van der Waals surface area contributed by atoms with Crippen molar-refractivity contribution in [2.75, 3.05) is 36.8 Å². The largest absolute Gasteiger partial charge is 0.401 e. The van der Waals surface area contributed by atoms with Crippen molar-refractivity contribution >= 4 is 11.6 Å². The summed E-state index contributed by atoms with van der Waals surface area (Å²) in [4.78, 5) is 14.4. The van der Waals surface area contributed by atoms with Crippen LogP contribution in [0.4, 0.5) is 24.8 Å². The van der Waals surface area contributed by atoms with Crippen LogP contribution in [0.5, 0.6) is 0 Å². The van der Waals surface area contributed by atoms with E-state index in [1.165, 1.54) is 11.2 Å². The number of nitrogens with zero attached hydrogens (tertiary/aromatic N) is 4.